The number of amides is 1. The lowest BCUT2D eigenvalue weighted by molar-refractivity contribution is -0.142. The molecule has 0 bridgehead atoms. The fraction of sp³-hybridized carbons (Fsp3) is 0.387. The monoisotopic (exact) mass is 550 g/mol. The van der Waals surface area contributed by atoms with Crippen LogP contribution in [0.25, 0.3) is 6.08 Å². The maximum Gasteiger partial charge on any atom is 0.355 e. The van der Waals surface area contributed by atoms with Gasteiger partial charge in [0.05, 0.1) is 0 Å². The van der Waals surface area contributed by atoms with Crippen molar-refractivity contribution in [1.29, 1.82) is 0 Å². The highest BCUT2D eigenvalue weighted by molar-refractivity contribution is 7.99. The topological polar surface area (TPSA) is 97.5 Å². The van der Waals surface area contributed by atoms with E-state index in [0.29, 0.717) is 41.1 Å². The van der Waals surface area contributed by atoms with Gasteiger partial charge in [-0.2, -0.15) is 0 Å². The first-order valence-corrected chi connectivity index (χ1v) is 14.0. The number of H-pyrrole nitrogens is 1. The summed E-state index contributed by atoms with van der Waals surface area (Å²) in [6.45, 7) is 14.9. The fourth-order valence-corrected chi connectivity index (χ4v) is 5.06. The summed E-state index contributed by atoms with van der Waals surface area (Å²) in [5.74, 6) is -0.187. The molecule has 0 fully saturated rings. The number of hydrogen-bond acceptors (Lipinski definition) is 6. The normalized spacial score (nSPS) is 14.5. The third-order valence-electron chi connectivity index (χ3n) is 6.26. The van der Waals surface area contributed by atoms with Crippen LogP contribution < -0.4 is 5.32 Å². The smallest absolute Gasteiger partial charge is 0.355 e. The molecule has 1 aliphatic heterocycles. The Balaban J connectivity index is 1.87. The number of aromatic amines is 1. The molecular weight excluding hydrogens is 512 g/mol. The van der Waals surface area contributed by atoms with Crippen LogP contribution in [-0.4, -0.2) is 40.8 Å². The Labute approximate surface area is 235 Å². The quantitative estimate of drug-likeness (QED) is 0.196. The second-order valence-electron chi connectivity index (χ2n) is 10.5. The Morgan fingerprint density at radius 2 is 1.77 bits per heavy atom. The van der Waals surface area contributed by atoms with Crippen LogP contribution in [0.5, 0.6) is 0 Å². The number of allylic oxidation sites excluding steroid dienone is 1. The van der Waals surface area contributed by atoms with Crippen molar-refractivity contribution in [2.45, 2.75) is 71.3 Å². The lowest BCUT2D eigenvalue weighted by Crippen LogP contribution is -2.24. The summed E-state index contributed by atoms with van der Waals surface area (Å²) in [6.07, 6.45) is 4.49. The second kappa shape index (κ2) is 13.0. The average molecular weight is 551 g/mol. The molecule has 1 aromatic heterocycles. The maximum atomic E-state index is 13.1. The van der Waals surface area contributed by atoms with E-state index in [1.54, 1.807) is 32.5 Å². The van der Waals surface area contributed by atoms with Crippen molar-refractivity contribution in [1.82, 2.24) is 10.3 Å². The van der Waals surface area contributed by atoms with Crippen LogP contribution in [0.2, 0.25) is 0 Å². The first kappa shape index (κ1) is 30.0. The summed E-state index contributed by atoms with van der Waals surface area (Å²) >= 11 is 1.74. The van der Waals surface area contributed by atoms with Gasteiger partial charge in [-0.05, 0) is 89.3 Å². The third-order valence-corrected chi connectivity index (χ3v) is 7.27. The summed E-state index contributed by atoms with van der Waals surface area (Å²) in [5.41, 5.74) is 5.35. The predicted molar refractivity (Wildman–Crippen MR) is 156 cm³/mol. The Morgan fingerprint density at radius 3 is 2.41 bits per heavy atom. The van der Waals surface area contributed by atoms with Gasteiger partial charge < -0.3 is 19.8 Å². The van der Waals surface area contributed by atoms with E-state index in [9.17, 15) is 14.4 Å². The lowest BCUT2D eigenvalue weighted by atomic mass is 10.0. The number of rotatable bonds is 11. The van der Waals surface area contributed by atoms with E-state index >= 15 is 0 Å². The minimum atomic E-state index is -0.684. The number of aryl methyl sites for hydroxylation is 1. The number of aromatic nitrogens is 1. The molecule has 1 amide bonds. The Morgan fingerprint density at radius 1 is 1.08 bits per heavy atom. The molecule has 208 valence electrons. The molecule has 0 spiro atoms. The van der Waals surface area contributed by atoms with Gasteiger partial charge in [-0.3, -0.25) is 9.59 Å². The van der Waals surface area contributed by atoms with Gasteiger partial charge in [0.15, 0.2) is 0 Å². The molecule has 1 aromatic carbocycles. The van der Waals surface area contributed by atoms with Crippen molar-refractivity contribution in [3.05, 3.63) is 81.8 Å². The second-order valence-corrected chi connectivity index (χ2v) is 11.7. The number of carbonyl (C=O) groups excluding carboxylic acids is 3. The van der Waals surface area contributed by atoms with Crippen molar-refractivity contribution in [3.8, 4) is 0 Å². The van der Waals surface area contributed by atoms with Crippen molar-refractivity contribution in [3.63, 3.8) is 0 Å². The molecule has 0 unspecified atom stereocenters. The first-order chi connectivity index (χ1) is 18.4. The molecule has 0 atom stereocenters. The maximum absolute atomic E-state index is 13.1. The highest BCUT2D eigenvalue weighted by Gasteiger charge is 2.27. The zero-order chi connectivity index (χ0) is 28.7. The molecule has 0 aliphatic carbocycles. The van der Waals surface area contributed by atoms with Crippen molar-refractivity contribution < 1.29 is 23.9 Å². The van der Waals surface area contributed by atoms with Crippen molar-refractivity contribution in [2.24, 2.45) is 0 Å². The average Bonchev–Trinajstić information content (AvgIpc) is 3.32. The number of thioether (sulfide) groups is 1. The van der Waals surface area contributed by atoms with Crippen LogP contribution in [0.15, 0.2) is 58.7 Å². The predicted octanol–water partition coefficient (Wildman–Crippen LogP) is 6.22. The number of nitrogens with one attached hydrogen (secondary N) is 2. The Hall–Kier alpha value is -3.52. The van der Waals surface area contributed by atoms with Crippen LogP contribution in [0.4, 0.5) is 0 Å². The van der Waals surface area contributed by atoms with Crippen LogP contribution in [0, 0.1) is 13.8 Å². The molecule has 2 aromatic rings. The minimum absolute atomic E-state index is 0.107. The lowest BCUT2D eigenvalue weighted by Gasteiger charge is -2.19. The molecule has 2 heterocycles. The molecule has 1 aliphatic rings. The molecule has 7 nitrogen and oxygen atoms in total. The number of esters is 2. The molecule has 8 heteroatoms. The largest absolute Gasteiger partial charge is 0.461 e. The van der Waals surface area contributed by atoms with E-state index in [0.717, 1.165) is 16.9 Å². The van der Waals surface area contributed by atoms with Gasteiger partial charge in [0.1, 0.15) is 17.9 Å². The summed E-state index contributed by atoms with van der Waals surface area (Å²) in [5, 5.41) is 2.97. The minimum Gasteiger partial charge on any atom is -0.461 e. The number of benzene rings is 1. The van der Waals surface area contributed by atoms with Crippen LogP contribution in [0.1, 0.15) is 73.4 Å². The molecule has 3 rings (SSSR count). The van der Waals surface area contributed by atoms with Gasteiger partial charge in [-0.1, -0.05) is 30.4 Å². The molecule has 2 N–H and O–H groups in total. The van der Waals surface area contributed by atoms with Crippen LogP contribution in [0.3, 0.4) is 0 Å². The van der Waals surface area contributed by atoms with Gasteiger partial charge in [0.25, 0.3) is 5.91 Å². The van der Waals surface area contributed by atoms with E-state index in [-0.39, 0.29) is 24.9 Å². The molecule has 0 saturated heterocycles. The number of ether oxygens (including phenoxy) is 2. The highest BCUT2D eigenvalue weighted by Crippen LogP contribution is 2.31. The zero-order valence-electron chi connectivity index (χ0n) is 23.7. The van der Waals surface area contributed by atoms with Crippen molar-refractivity contribution in [2.75, 3.05) is 12.4 Å². The standard InChI is InChI=1S/C31H38N2O5S/c1-8-16-37-27(34)14-13-24-20(3)25(32-28(24)30(36)38-31(5,6)7)18-26-23(21(4)29(35)33-26)15-17-39-22-11-9-19(2)10-12-22/h8-12,18,32H,1,13-17H2,2-7H3,(H,33,35)/b26-18-. The van der Waals surface area contributed by atoms with Crippen LogP contribution >= 0.6 is 11.8 Å². The Kier molecular flexibility index (Phi) is 10.0. The van der Waals surface area contributed by atoms with E-state index in [1.807, 2.05) is 19.9 Å². The summed E-state index contributed by atoms with van der Waals surface area (Å²) in [4.78, 5) is 42.2. The first-order valence-electron chi connectivity index (χ1n) is 13.0. The van der Waals surface area contributed by atoms with E-state index < -0.39 is 11.6 Å². The van der Waals surface area contributed by atoms with E-state index in [2.05, 4.69) is 48.1 Å². The summed E-state index contributed by atoms with van der Waals surface area (Å²) < 4.78 is 10.7. The number of carbonyl (C=O) groups is 3. The van der Waals surface area contributed by atoms with Gasteiger partial charge >= 0.3 is 11.9 Å². The van der Waals surface area contributed by atoms with E-state index in [4.69, 9.17) is 9.47 Å². The van der Waals surface area contributed by atoms with Crippen molar-refractivity contribution >= 4 is 35.7 Å². The zero-order valence-corrected chi connectivity index (χ0v) is 24.5. The van der Waals surface area contributed by atoms with Gasteiger partial charge in [-0.25, -0.2) is 4.79 Å². The SMILES string of the molecule is C=CCOC(=O)CCc1c(C(=O)OC(C)(C)C)[nH]c(/C=C2\NC(=O)C(C)=C2CCSc2ccc(C)cc2)c1C. The van der Waals surface area contributed by atoms with Gasteiger partial charge in [0.2, 0.25) is 0 Å². The van der Waals surface area contributed by atoms with Crippen LogP contribution in [-0.2, 0) is 25.5 Å². The summed E-state index contributed by atoms with van der Waals surface area (Å²) in [7, 11) is 0. The summed E-state index contributed by atoms with van der Waals surface area (Å²) in [6, 6.07) is 8.38. The molecular formula is C31H38N2O5S. The van der Waals surface area contributed by atoms with Gasteiger partial charge in [0, 0.05) is 34.0 Å². The highest BCUT2D eigenvalue weighted by atomic mass is 32.2. The molecule has 39 heavy (non-hydrogen) atoms. The molecule has 0 radical (unpaired) electrons. The number of hydrogen-bond donors (Lipinski definition) is 2. The Bertz CT molecular complexity index is 1310. The van der Waals surface area contributed by atoms with E-state index in [1.165, 1.54) is 16.5 Å². The third kappa shape index (κ3) is 8.23. The molecule has 0 saturated carbocycles. The fourth-order valence-electron chi connectivity index (χ4n) is 4.19. The van der Waals surface area contributed by atoms with Gasteiger partial charge in [-0.15, -0.1) is 11.8 Å².